The molecule has 0 atom stereocenters. The minimum absolute atomic E-state index is 0.0137. The van der Waals surface area contributed by atoms with E-state index in [1.807, 2.05) is 20.8 Å². The zero-order valence-electron chi connectivity index (χ0n) is 14.7. The predicted molar refractivity (Wildman–Crippen MR) is 94.9 cm³/mol. The van der Waals surface area contributed by atoms with Crippen LogP contribution in [-0.4, -0.2) is 30.0 Å². The van der Waals surface area contributed by atoms with Crippen molar-refractivity contribution in [3.05, 3.63) is 10.7 Å². The summed E-state index contributed by atoms with van der Waals surface area (Å²) in [4.78, 5) is 27.8. The van der Waals surface area contributed by atoms with Crippen molar-refractivity contribution in [3.8, 4) is 0 Å². The molecule has 0 radical (unpaired) electrons. The number of nitrogens with one attached hydrogen (secondary N) is 3. The van der Waals surface area contributed by atoms with Gasteiger partial charge in [0, 0.05) is 19.0 Å². The lowest BCUT2D eigenvalue weighted by molar-refractivity contribution is -0.123. The van der Waals surface area contributed by atoms with E-state index in [1.165, 1.54) is 11.3 Å². The molecule has 1 aromatic rings. The summed E-state index contributed by atoms with van der Waals surface area (Å²) in [6.07, 6.45) is 1.55. The summed E-state index contributed by atoms with van der Waals surface area (Å²) in [6.45, 7) is 11.0. The van der Waals surface area contributed by atoms with Crippen LogP contribution in [-0.2, 0) is 11.2 Å². The molecule has 130 valence electrons. The highest BCUT2D eigenvalue weighted by molar-refractivity contribution is 7.16. The van der Waals surface area contributed by atoms with Gasteiger partial charge in [-0.1, -0.05) is 27.7 Å². The number of rotatable bonds is 8. The van der Waals surface area contributed by atoms with Crippen LogP contribution in [0.15, 0.2) is 0 Å². The van der Waals surface area contributed by atoms with Crippen LogP contribution in [0.5, 0.6) is 0 Å². The lowest BCUT2D eigenvalue weighted by Gasteiger charge is -2.10. The number of amides is 3. The fourth-order valence-corrected chi connectivity index (χ4v) is 2.79. The topological polar surface area (TPSA) is 83.1 Å². The zero-order valence-corrected chi connectivity index (χ0v) is 15.5. The van der Waals surface area contributed by atoms with Gasteiger partial charge in [0.25, 0.3) is 0 Å². The Morgan fingerprint density at radius 2 is 1.78 bits per heavy atom. The van der Waals surface area contributed by atoms with E-state index in [0.29, 0.717) is 25.4 Å². The summed E-state index contributed by atoms with van der Waals surface area (Å²) in [5, 5.41) is 10.3. The third-order valence-electron chi connectivity index (χ3n) is 3.10. The van der Waals surface area contributed by atoms with Crippen molar-refractivity contribution in [1.82, 2.24) is 15.6 Å². The Morgan fingerprint density at radius 3 is 2.39 bits per heavy atom. The zero-order chi connectivity index (χ0) is 17.4. The Kier molecular flexibility index (Phi) is 8.02. The molecule has 1 aromatic heterocycles. The van der Waals surface area contributed by atoms with Gasteiger partial charge in [-0.3, -0.25) is 10.1 Å². The van der Waals surface area contributed by atoms with Crippen LogP contribution < -0.4 is 16.0 Å². The number of carbonyl (C=O) groups is 2. The van der Waals surface area contributed by atoms with Crippen LogP contribution >= 0.6 is 11.3 Å². The normalized spacial score (nSPS) is 10.9. The summed E-state index contributed by atoms with van der Waals surface area (Å²) in [5.74, 6) is 0.512. The number of nitrogens with zero attached hydrogens (tertiary/aromatic N) is 1. The van der Waals surface area contributed by atoms with Crippen molar-refractivity contribution >= 4 is 28.3 Å². The largest absolute Gasteiger partial charge is 0.356 e. The molecule has 3 amide bonds. The number of anilines is 1. The first-order valence-electron chi connectivity index (χ1n) is 8.08. The summed E-state index contributed by atoms with van der Waals surface area (Å²) in [7, 11) is 0. The first-order chi connectivity index (χ1) is 10.8. The van der Waals surface area contributed by atoms with E-state index < -0.39 is 0 Å². The minimum Gasteiger partial charge on any atom is -0.356 e. The monoisotopic (exact) mass is 340 g/mol. The summed E-state index contributed by atoms with van der Waals surface area (Å²) < 4.78 is 0. The van der Waals surface area contributed by atoms with Gasteiger partial charge >= 0.3 is 6.03 Å². The molecule has 0 fully saturated rings. The Labute approximate surface area is 142 Å². The number of aryl methyl sites for hydroxylation is 1. The van der Waals surface area contributed by atoms with Gasteiger partial charge < -0.3 is 10.6 Å². The Morgan fingerprint density at radius 1 is 1.13 bits per heavy atom. The first kappa shape index (κ1) is 19.4. The van der Waals surface area contributed by atoms with Gasteiger partial charge in [-0.15, -0.1) is 11.3 Å². The van der Waals surface area contributed by atoms with Crippen LogP contribution in [0.1, 0.15) is 44.8 Å². The molecule has 1 heterocycles. The minimum atomic E-state index is -0.228. The summed E-state index contributed by atoms with van der Waals surface area (Å²) in [6, 6.07) is -0.228. The van der Waals surface area contributed by atoms with Crippen LogP contribution in [0.4, 0.5) is 9.80 Å². The number of carbonyl (C=O) groups excluding carboxylic acids is 2. The average molecular weight is 340 g/mol. The molecule has 0 unspecified atom stereocenters. The molecule has 0 saturated heterocycles. The fourth-order valence-electron chi connectivity index (χ4n) is 1.95. The molecule has 0 aliphatic heterocycles. The van der Waals surface area contributed by atoms with E-state index in [4.69, 9.17) is 0 Å². The molecular formula is C16H28N4O2S. The second-order valence-corrected chi connectivity index (χ2v) is 7.49. The molecule has 0 aliphatic rings. The Bertz CT molecular complexity index is 526. The van der Waals surface area contributed by atoms with Crippen molar-refractivity contribution in [1.29, 1.82) is 0 Å². The molecule has 6 nitrogen and oxygen atoms in total. The van der Waals surface area contributed by atoms with Crippen molar-refractivity contribution in [3.63, 3.8) is 0 Å². The van der Waals surface area contributed by atoms with E-state index >= 15 is 0 Å². The molecule has 0 saturated carbocycles. The van der Waals surface area contributed by atoms with Crippen molar-refractivity contribution in [2.45, 2.75) is 47.5 Å². The Hall–Kier alpha value is -1.63. The van der Waals surface area contributed by atoms with E-state index in [0.717, 1.165) is 22.1 Å². The lowest BCUT2D eigenvalue weighted by Crippen LogP contribution is -2.33. The maximum absolute atomic E-state index is 11.9. The van der Waals surface area contributed by atoms with Crippen LogP contribution in [0.3, 0.4) is 0 Å². The van der Waals surface area contributed by atoms with Crippen LogP contribution in [0.25, 0.3) is 0 Å². The number of urea groups is 1. The van der Waals surface area contributed by atoms with Gasteiger partial charge in [0.05, 0.1) is 10.7 Å². The second-order valence-electron chi connectivity index (χ2n) is 6.29. The molecule has 7 heteroatoms. The quantitative estimate of drug-likeness (QED) is 0.636. The highest BCUT2D eigenvalue weighted by Crippen LogP contribution is 2.26. The Balaban J connectivity index is 2.33. The molecule has 0 bridgehead atoms. The van der Waals surface area contributed by atoms with E-state index in [1.54, 1.807) is 0 Å². The second kappa shape index (κ2) is 9.50. The van der Waals surface area contributed by atoms with Crippen molar-refractivity contribution in [2.75, 3.05) is 18.4 Å². The molecular weight excluding hydrogens is 312 g/mol. The smallest absolute Gasteiger partial charge is 0.319 e. The van der Waals surface area contributed by atoms with E-state index in [2.05, 4.69) is 34.8 Å². The van der Waals surface area contributed by atoms with Crippen LogP contribution in [0, 0.1) is 18.8 Å². The molecule has 3 N–H and O–H groups in total. The molecule has 0 spiro atoms. The molecule has 0 aliphatic carbocycles. The average Bonchev–Trinajstić information content (AvgIpc) is 2.76. The lowest BCUT2D eigenvalue weighted by atomic mass is 10.1. The van der Waals surface area contributed by atoms with E-state index in [9.17, 15) is 9.59 Å². The molecule has 23 heavy (non-hydrogen) atoms. The predicted octanol–water partition coefficient (Wildman–Crippen LogP) is 2.93. The summed E-state index contributed by atoms with van der Waals surface area (Å²) >= 11 is 1.50. The van der Waals surface area contributed by atoms with Gasteiger partial charge in [-0.2, -0.15) is 0 Å². The van der Waals surface area contributed by atoms with Gasteiger partial charge in [0.2, 0.25) is 5.91 Å². The molecule has 0 aromatic carbocycles. The number of hydrogen-bond acceptors (Lipinski definition) is 4. The number of hydrogen-bond donors (Lipinski definition) is 3. The molecule has 1 rings (SSSR count). The standard InChI is InChI=1S/C16H28N4O2S/c1-10(2)9-13-15(23-12(5)19-13)20-16(22)18-8-6-7-17-14(21)11(3)4/h10-11H,6-9H2,1-5H3,(H,17,21)(H2,18,20,22). The van der Waals surface area contributed by atoms with E-state index in [-0.39, 0.29) is 17.9 Å². The van der Waals surface area contributed by atoms with Gasteiger partial charge in [0.1, 0.15) is 5.00 Å². The van der Waals surface area contributed by atoms with Gasteiger partial charge in [0.15, 0.2) is 0 Å². The maximum atomic E-state index is 11.9. The van der Waals surface area contributed by atoms with Gasteiger partial charge in [-0.25, -0.2) is 9.78 Å². The van der Waals surface area contributed by atoms with Crippen molar-refractivity contribution in [2.24, 2.45) is 11.8 Å². The van der Waals surface area contributed by atoms with Gasteiger partial charge in [-0.05, 0) is 25.7 Å². The fraction of sp³-hybridized carbons (Fsp3) is 0.688. The maximum Gasteiger partial charge on any atom is 0.319 e. The number of thiazole rings is 1. The summed E-state index contributed by atoms with van der Waals surface area (Å²) in [5.41, 5.74) is 0.946. The highest BCUT2D eigenvalue weighted by Gasteiger charge is 2.13. The third-order valence-corrected chi connectivity index (χ3v) is 4.02. The van der Waals surface area contributed by atoms with Crippen LogP contribution in [0.2, 0.25) is 0 Å². The number of aromatic nitrogens is 1. The van der Waals surface area contributed by atoms with Crippen molar-refractivity contribution < 1.29 is 9.59 Å². The third kappa shape index (κ3) is 7.45. The first-order valence-corrected chi connectivity index (χ1v) is 8.90. The highest BCUT2D eigenvalue weighted by atomic mass is 32.1. The SMILES string of the molecule is Cc1nc(CC(C)C)c(NC(=O)NCCCNC(=O)C(C)C)s1.